The van der Waals surface area contributed by atoms with Crippen LogP contribution in [0.4, 0.5) is 17.3 Å². The van der Waals surface area contributed by atoms with E-state index in [0.717, 1.165) is 6.54 Å². The predicted molar refractivity (Wildman–Crippen MR) is 85.2 cm³/mol. The van der Waals surface area contributed by atoms with E-state index in [1.54, 1.807) is 0 Å². The van der Waals surface area contributed by atoms with Gasteiger partial charge in [-0.2, -0.15) is 8.42 Å². The molecule has 1 aliphatic heterocycles. The second kappa shape index (κ2) is 17.2. The molecule has 0 amide bonds. The van der Waals surface area contributed by atoms with Crippen LogP contribution in [-0.2, 0) is 10.4 Å². The first-order chi connectivity index (χ1) is 8.93. The van der Waals surface area contributed by atoms with Crippen molar-refractivity contribution in [1.82, 2.24) is 23.4 Å². The van der Waals surface area contributed by atoms with E-state index in [-0.39, 0.29) is 18.5 Å². The molecule has 1 rings (SSSR count). The van der Waals surface area contributed by atoms with E-state index in [4.69, 9.17) is 17.5 Å². The highest BCUT2D eigenvalue weighted by atomic mass is 32.3. The molecule has 0 aliphatic carbocycles. The van der Waals surface area contributed by atoms with Crippen molar-refractivity contribution in [3.63, 3.8) is 0 Å². The van der Waals surface area contributed by atoms with Gasteiger partial charge < -0.3 is 40.6 Å². The van der Waals surface area contributed by atoms with E-state index >= 15 is 0 Å². The molecule has 0 saturated heterocycles. The predicted octanol–water partition coefficient (Wildman–Crippen LogP) is 3.52. The first-order valence-electron chi connectivity index (χ1n) is 5.58. The molecule has 0 bridgehead atoms. The minimum absolute atomic E-state index is 0. The highest BCUT2D eigenvalue weighted by molar-refractivity contribution is 7.79. The lowest BCUT2D eigenvalue weighted by molar-refractivity contribution is 0.368. The van der Waals surface area contributed by atoms with E-state index in [9.17, 15) is 17.3 Å². The maximum Gasteiger partial charge on any atom is 0.673 e. The lowest BCUT2D eigenvalue weighted by atomic mass is 10.3. The van der Waals surface area contributed by atoms with Crippen LogP contribution in [0.15, 0.2) is 24.4 Å². The van der Waals surface area contributed by atoms with E-state index in [1.165, 1.54) is 19.4 Å². The van der Waals surface area contributed by atoms with Gasteiger partial charge in [0.25, 0.3) is 0 Å². The van der Waals surface area contributed by atoms with Crippen LogP contribution < -0.4 is 18.5 Å². The average molecular weight is 374 g/mol. The van der Waals surface area contributed by atoms with Crippen molar-refractivity contribution in [2.75, 3.05) is 13.1 Å². The lowest BCUT2D eigenvalue weighted by Gasteiger charge is -2.19. The van der Waals surface area contributed by atoms with Crippen molar-refractivity contribution >= 4 is 17.7 Å². The molecule has 0 radical (unpaired) electrons. The molecule has 0 unspecified atom stereocenters. The van der Waals surface area contributed by atoms with Crippen LogP contribution in [0.5, 0.6) is 0 Å². The summed E-state index contributed by atoms with van der Waals surface area (Å²) in [6.45, 7) is 4.53. The van der Waals surface area contributed by atoms with Crippen molar-refractivity contribution in [3.05, 3.63) is 24.4 Å². The first-order valence-corrected chi connectivity index (χ1v) is 6.97. The summed E-state index contributed by atoms with van der Waals surface area (Å²) >= 11 is 0. The summed E-state index contributed by atoms with van der Waals surface area (Å²) in [5, 5.41) is 0. The quantitative estimate of drug-likeness (QED) is 0.284. The Morgan fingerprint density at radius 1 is 1.13 bits per heavy atom. The highest BCUT2D eigenvalue weighted by Crippen LogP contribution is 2.06. The Morgan fingerprint density at radius 3 is 1.78 bits per heavy atom. The van der Waals surface area contributed by atoms with Gasteiger partial charge in [-0.3, -0.25) is 9.11 Å². The molecule has 0 spiro atoms. The number of quaternary nitrogens is 1. The Bertz CT molecular complexity index is 393. The van der Waals surface area contributed by atoms with Gasteiger partial charge in [-0.1, -0.05) is 25.5 Å². The summed E-state index contributed by atoms with van der Waals surface area (Å²) in [6.07, 6.45) is 11.1. The number of unbranched alkanes of at least 4 members (excludes halogenated alkanes) is 1. The standard InChI is InChI=1S/C9H15N.BF4.3H3N.H2O4S/c1-2-3-7-10-8-5-4-6-9-10;2-1(3,4)5;;;;1-5(2,3)4/h4-6,8H,2-3,7,9H2,1H3;;3*1H3;(H2,1,2,3,4)/q;-1;;;;/p+1. The van der Waals surface area contributed by atoms with Crippen LogP contribution in [0.1, 0.15) is 19.8 Å². The fourth-order valence-corrected chi connectivity index (χ4v) is 1.03. The zero-order chi connectivity index (χ0) is 16.2. The van der Waals surface area contributed by atoms with Crippen molar-refractivity contribution < 1.29 is 34.8 Å². The molecule has 23 heavy (non-hydrogen) atoms. The van der Waals surface area contributed by atoms with Crippen molar-refractivity contribution in [2.45, 2.75) is 19.8 Å². The van der Waals surface area contributed by atoms with Crippen LogP contribution in [0.2, 0.25) is 0 Å². The number of nitrogens with zero attached hydrogens (tertiary/aromatic N) is 1. The van der Waals surface area contributed by atoms with Crippen LogP contribution in [0.3, 0.4) is 0 Å². The van der Waals surface area contributed by atoms with Gasteiger partial charge >= 0.3 is 17.7 Å². The zero-order valence-electron chi connectivity index (χ0n) is 13.2. The second-order valence-corrected chi connectivity index (χ2v) is 4.46. The van der Waals surface area contributed by atoms with Gasteiger partial charge in [-0.15, -0.1) is 0 Å². The third kappa shape index (κ3) is 63.0. The number of rotatable bonds is 3. The Morgan fingerprint density at radius 2 is 1.52 bits per heavy atom. The summed E-state index contributed by atoms with van der Waals surface area (Å²) in [7, 11) is -10.7. The fraction of sp³-hybridized carbons (Fsp3) is 0.556. The van der Waals surface area contributed by atoms with Crippen LogP contribution >= 0.6 is 0 Å². The second-order valence-electron chi connectivity index (χ2n) is 3.56. The van der Waals surface area contributed by atoms with Crippen molar-refractivity contribution in [1.29, 1.82) is 0 Å². The summed E-state index contributed by atoms with van der Waals surface area (Å²) in [4.78, 5) is 2.34. The normalized spacial score (nSPS) is 12.2. The topological polar surface area (TPSA) is 184 Å². The van der Waals surface area contributed by atoms with E-state index < -0.39 is 17.7 Å². The zero-order valence-corrected chi connectivity index (χ0v) is 14.0. The number of hydrogen-bond acceptors (Lipinski definition) is 5. The molecule has 1 aliphatic rings. The number of allylic oxidation sites excluding steroid dienone is 2. The summed E-state index contributed by atoms with van der Waals surface area (Å²) in [5.74, 6) is 0. The number of hydrogen-bond donors (Lipinski definition) is 5. The molecule has 0 aromatic rings. The Labute approximate surface area is 134 Å². The molecule has 0 atom stereocenters. The largest absolute Gasteiger partial charge is 0.673 e. The van der Waals surface area contributed by atoms with Gasteiger partial charge in [-0.25, -0.2) is 0 Å². The summed E-state index contributed by atoms with van der Waals surface area (Å²) < 4.78 is 70.6. The van der Waals surface area contributed by atoms with E-state index in [0.29, 0.717) is 0 Å². The molecule has 12 N–H and O–H groups in total. The lowest BCUT2D eigenvalue weighted by Crippen LogP contribution is -2.19. The average Bonchev–Trinajstić information content (AvgIpc) is 2.23. The van der Waals surface area contributed by atoms with E-state index in [1.807, 2.05) is 0 Å². The van der Waals surface area contributed by atoms with Crippen molar-refractivity contribution in [3.8, 4) is 0 Å². The Hall–Kier alpha value is -1.19. The van der Waals surface area contributed by atoms with Crippen LogP contribution in [-0.4, -0.2) is 42.8 Å². The minimum Gasteiger partial charge on any atom is -0.418 e. The SMILES string of the molecule is CCCCN1C=CC=CC1.F[B-](F)(F)F.N.N.O=S(=O)(O)O.[NH4+]. The first kappa shape index (κ1) is 33.4. The molecule has 8 nitrogen and oxygen atoms in total. The maximum atomic E-state index is 9.75. The van der Waals surface area contributed by atoms with Gasteiger partial charge in [0.2, 0.25) is 0 Å². The monoisotopic (exact) mass is 374 g/mol. The summed E-state index contributed by atoms with van der Waals surface area (Å²) in [6, 6.07) is 0. The van der Waals surface area contributed by atoms with Gasteiger partial charge in [0.05, 0.1) is 0 Å². The molecule has 0 fully saturated rings. The Balaban J connectivity index is -0.0000000728. The summed E-state index contributed by atoms with van der Waals surface area (Å²) in [5.41, 5.74) is 0. The molecule has 0 saturated carbocycles. The molecule has 0 aromatic carbocycles. The van der Waals surface area contributed by atoms with Gasteiger partial charge in [0, 0.05) is 13.1 Å². The molecule has 144 valence electrons. The minimum atomic E-state index is -6.00. The van der Waals surface area contributed by atoms with Crippen LogP contribution in [0.25, 0.3) is 0 Å². The van der Waals surface area contributed by atoms with Gasteiger partial charge in [0.1, 0.15) is 0 Å². The smallest absolute Gasteiger partial charge is 0.418 e. The third-order valence-corrected chi connectivity index (χ3v) is 1.68. The molecule has 0 aromatic heterocycles. The van der Waals surface area contributed by atoms with E-state index in [2.05, 4.69) is 36.3 Å². The molecule has 14 heteroatoms. The maximum absolute atomic E-state index is 9.75. The molecular formula is C9H27BF4N4O4S. The third-order valence-electron chi connectivity index (χ3n) is 1.68. The molecular weight excluding hydrogens is 347 g/mol. The van der Waals surface area contributed by atoms with Gasteiger partial charge in [-0.05, 0) is 18.7 Å². The van der Waals surface area contributed by atoms with Crippen molar-refractivity contribution in [2.24, 2.45) is 0 Å². The molecule has 1 heterocycles. The highest BCUT2D eigenvalue weighted by Gasteiger charge is 2.20. The fourth-order valence-electron chi connectivity index (χ4n) is 1.03. The van der Waals surface area contributed by atoms with Gasteiger partial charge in [0.15, 0.2) is 0 Å². The Kier molecular flexibility index (Phi) is 25.0. The van der Waals surface area contributed by atoms with Crippen LogP contribution in [0, 0.1) is 0 Å². The number of halogens is 4.